The highest BCUT2D eigenvalue weighted by atomic mass is 16.5. The maximum atomic E-state index is 12.6. The van der Waals surface area contributed by atoms with Gasteiger partial charge in [0.1, 0.15) is 23.6 Å². The van der Waals surface area contributed by atoms with E-state index in [4.69, 9.17) is 4.74 Å². The summed E-state index contributed by atoms with van der Waals surface area (Å²) in [6, 6.07) is 17.6. The number of aromatic nitrogens is 2. The number of anilines is 2. The second-order valence-corrected chi connectivity index (χ2v) is 6.46. The molecule has 0 aliphatic heterocycles. The Balaban J connectivity index is 1.58. The molecular formula is C22H24N4O2. The van der Waals surface area contributed by atoms with Gasteiger partial charge >= 0.3 is 0 Å². The minimum Gasteiger partial charge on any atom is -0.495 e. The highest BCUT2D eigenvalue weighted by Crippen LogP contribution is 2.25. The van der Waals surface area contributed by atoms with Crippen molar-refractivity contribution in [2.24, 2.45) is 0 Å². The van der Waals surface area contributed by atoms with E-state index >= 15 is 0 Å². The Hall–Kier alpha value is -3.41. The topological polar surface area (TPSA) is 76.1 Å². The molecule has 1 aromatic heterocycles. The molecule has 0 saturated carbocycles. The predicted molar refractivity (Wildman–Crippen MR) is 111 cm³/mol. The molecule has 0 atom stereocenters. The van der Waals surface area contributed by atoms with E-state index in [9.17, 15) is 4.79 Å². The van der Waals surface area contributed by atoms with Gasteiger partial charge in [-0.15, -0.1) is 0 Å². The molecule has 3 rings (SSSR count). The van der Waals surface area contributed by atoms with Crippen molar-refractivity contribution in [3.63, 3.8) is 0 Å². The van der Waals surface area contributed by atoms with E-state index in [1.807, 2.05) is 43.3 Å². The quantitative estimate of drug-likeness (QED) is 0.579. The van der Waals surface area contributed by atoms with Gasteiger partial charge in [-0.1, -0.05) is 36.4 Å². The van der Waals surface area contributed by atoms with Crippen LogP contribution in [0.3, 0.4) is 0 Å². The zero-order valence-corrected chi connectivity index (χ0v) is 16.1. The number of carbonyl (C=O) groups excluding carboxylic acids is 1. The summed E-state index contributed by atoms with van der Waals surface area (Å²) in [4.78, 5) is 20.9. The summed E-state index contributed by atoms with van der Waals surface area (Å²) in [6.07, 6.45) is 3.34. The van der Waals surface area contributed by atoms with Crippen LogP contribution in [0.4, 0.5) is 11.5 Å². The van der Waals surface area contributed by atoms with Crippen LogP contribution in [0.5, 0.6) is 5.75 Å². The van der Waals surface area contributed by atoms with Gasteiger partial charge in [-0.3, -0.25) is 4.79 Å². The van der Waals surface area contributed by atoms with Crippen molar-refractivity contribution < 1.29 is 9.53 Å². The third-order valence-corrected chi connectivity index (χ3v) is 4.29. The van der Waals surface area contributed by atoms with Gasteiger partial charge in [-0.05, 0) is 43.0 Å². The number of nitrogens with one attached hydrogen (secondary N) is 2. The fraction of sp³-hybridized carbons (Fsp3) is 0.227. The number of hydrogen-bond donors (Lipinski definition) is 2. The predicted octanol–water partition coefficient (Wildman–Crippen LogP) is 4.09. The standard InChI is InChI=1S/C22H24N4O2/c1-16-10-11-20(28-2)18(13-16)26-22(27)19-14-21(25-15-24-19)23-12-6-9-17-7-4-3-5-8-17/h3-5,7-8,10-11,13-15H,6,9,12H2,1-2H3,(H,26,27)(H,23,24,25). The third kappa shape index (κ3) is 5.30. The molecule has 144 valence electrons. The number of benzene rings is 2. The molecule has 2 aromatic carbocycles. The number of aryl methyl sites for hydroxylation is 2. The van der Waals surface area contributed by atoms with E-state index in [0.717, 1.165) is 24.9 Å². The van der Waals surface area contributed by atoms with Crippen molar-refractivity contribution >= 4 is 17.4 Å². The Morgan fingerprint density at radius 1 is 1.07 bits per heavy atom. The van der Waals surface area contributed by atoms with Crippen LogP contribution in [-0.2, 0) is 6.42 Å². The second kappa shape index (κ2) is 9.50. The maximum Gasteiger partial charge on any atom is 0.274 e. The molecule has 2 N–H and O–H groups in total. The van der Waals surface area contributed by atoms with Crippen LogP contribution in [0.1, 0.15) is 28.0 Å². The van der Waals surface area contributed by atoms with E-state index in [0.29, 0.717) is 22.9 Å². The van der Waals surface area contributed by atoms with E-state index < -0.39 is 0 Å². The van der Waals surface area contributed by atoms with Crippen LogP contribution >= 0.6 is 0 Å². The number of methoxy groups -OCH3 is 1. The minimum absolute atomic E-state index is 0.295. The summed E-state index contributed by atoms with van der Waals surface area (Å²) in [6.45, 7) is 2.72. The first-order valence-corrected chi connectivity index (χ1v) is 9.21. The molecule has 0 aliphatic rings. The molecule has 0 fully saturated rings. The van der Waals surface area contributed by atoms with E-state index in [1.165, 1.54) is 11.9 Å². The van der Waals surface area contributed by atoms with Crippen LogP contribution in [-0.4, -0.2) is 29.5 Å². The van der Waals surface area contributed by atoms with E-state index in [2.05, 4.69) is 32.7 Å². The maximum absolute atomic E-state index is 12.6. The Morgan fingerprint density at radius 2 is 1.89 bits per heavy atom. The summed E-state index contributed by atoms with van der Waals surface area (Å²) in [7, 11) is 1.57. The smallest absolute Gasteiger partial charge is 0.274 e. The summed E-state index contributed by atoms with van der Waals surface area (Å²) in [5, 5.41) is 6.10. The SMILES string of the molecule is COc1ccc(C)cc1NC(=O)c1cc(NCCCc2ccccc2)ncn1. The first kappa shape index (κ1) is 19.4. The molecule has 0 bridgehead atoms. The van der Waals surface area contributed by atoms with Gasteiger partial charge in [-0.2, -0.15) is 0 Å². The van der Waals surface area contributed by atoms with Crippen molar-refractivity contribution in [3.05, 3.63) is 77.7 Å². The average molecular weight is 376 g/mol. The summed E-state index contributed by atoms with van der Waals surface area (Å²) in [5.41, 5.74) is 3.24. The monoisotopic (exact) mass is 376 g/mol. The van der Waals surface area contributed by atoms with Gasteiger partial charge in [0, 0.05) is 12.6 Å². The Bertz CT molecular complexity index is 929. The number of amides is 1. The highest BCUT2D eigenvalue weighted by molar-refractivity contribution is 6.04. The lowest BCUT2D eigenvalue weighted by Gasteiger charge is -2.11. The Labute approximate surface area is 165 Å². The first-order valence-electron chi connectivity index (χ1n) is 9.21. The van der Waals surface area contributed by atoms with Crippen LogP contribution in [0, 0.1) is 6.92 Å². The van der Waals surface area contributed by atoms with Crippen molar-refractivity contribution in [1.82, 2.24) is 9.97 Å². The molecule has 0 spiro atoms. The van der Waals surface area contributed by atoms with Gasteiger partial charge < -0.3 is 15.4 Å². The van der Waals surface area contributed by atoms with Crippen molar-refractivity contribution in [2.45, 2.75) is 19.8 Å². The first-order chi connectivity index (χ1) is 13.7. The van der Waals surface area contributed by atoms with Gasteiger partial charge in [0.25, 0.3) is 5.91 Å². The molecule has 3 aromatic rings. The van der Waals surface area contributed by atoms with Gasteiger partial charge in [0.2, 0.25) is 0 Å². The molecule has 0 aliphatic carbocycles. The molecule has 6 heteroatoms. The normalized spacial score (nSPS) is 10.4. The fourth-order valence-corrected chi connectivity index (χ4v) is 2.84. The van der Waals surface area contributed by atoms with Crippen molar-refractivity contribution in [2.75, 3.05) is 24.3 Å². The molecule has 0 unspecified atom stereocenters. The van der Waals surface area contributed by atoms with Gasteiger partial charge in [-0.25, -0.2) is 9.97 Å². The Kier molecular flexibility index (Phi) is 6.57. The molecule has 6 nitrogen and oxygen atoms in total. The fourth-order valence-electron chi connectivity index (χ4n) is 2.84. The van der Waals surface area contributed by atoms with Crippen LogP contribution in [0.15, 0.2) is 60.9 Å². The molecule has 0 radical (unpaired) electrons. The zero-order chi connectivity index (χ0) is 19.8. The Morgan fingerprint density at radius 3 is 2.68 bits per heavy atom. The van der Waals surface area contributed by atoms with Gasteiger partial charge in [0.15, 0.2) is 0 Å². The van der Waals surface area contributed by atoms with Crippen LogP contribution in [0.25, 0.3) is 0 Å². The highest BCUT2D eigenvalue weighted by Gasteiger charge is 2.12. The number of rotatable bonds is 8. The molecule has 1 amide bonds. The van der Waals surface area contributed by atoms with Crippen LogP contribution < -0.4 is 15.4 Å². The van der Waals surface area contributed by atoms with E-state index in [1.54, 1.807) is 13.2 Å². The second-order valence-electron chi connectivity index (χ2n) is 6.46. The lowest BCUT2D eigenvalue weighted by molar-refractivity contribution is 0.102. The number of nitrogens with zero attached hydrogens (tertiary/aromatic N) is 2. The molecule has 1 heterocycles. The minimum atomic E-state index is -0.307. The number of hydrogen-bond acceptors (Lipinski definition) is 5. The van der Waals surface area contributed by atoms with Crippen molar-refractivity contribution in [1.29, 1.82) is 0 Å². The van der Waals surface area contributed by atoms with Crippen LogP contribution in [0.2, 0.25) is 0 Å². The van der Waals surface area contributed by atoms with E-state index in [-0.39, 0.29) is 5.91 Å². The molecular weight excluding hydrogens is 352 g/mol. The summed E-state index contributed by atoms with van der Waals surface area (Å²) < 4.78 is 5.30. The largest absolute Gasteiger partial charge is 0.495 e. The number of carbonyl (C=O) groups is 1. The molecule has 28 heavy (non-hydrogen) atoms. The average Bonchev–Trinajstić information content (AvgIpc) is 2.72. The molecule has 0 saturated heterocycles. The zero-order valence-electron chi connectivity index (χ0n) is 16.1. The third-order valence-electron chi connectivity index (χ3n) is 4.29. The lowest BCUT2D eigenvalue weighted by atomic mass is 10.1. The van der Waals surface area contributed by atoms with Crippen molar-refractivity contribution in [3.8, 4) is 5.75 Å². The summed E-state index contributed by atoms with van der Waals surface area (Å²) in [5.74, 6) is 0.926. The summed E-state index contributed by atoms with van der Waals surface area (Å²) >= 11 is 0. The van der Waals surface area contributed by atoms with Gasteiger partial charge in [0.05, 0.1) is 12.8 Å². The lowest BCUT2D eigenvalue weighted by Crippen LogP contribution is -2.15. The number of ether oxygens (including phenoxy) is 1.